The van der Waals surface area contributed by atoms with Crippen LogP contribution in [0.1, 0.15) is 36.8 Å². The van der Waals surface area contributed by atoms with Crippen LogP contribution in [0.25, 0.3) is 0 Å². The van der Waals surface area contributed by atoms with Crippen molar-refractivity contribution in [1.29, 1.82) is 0 Å². The third-order valence-electron chi connectivity index (χ3n) is 4.28. The first-order chi connectivity index (χ1) is 10.3. The van der Waals surface area contributed by atoms with E-state index in [2.05, 4.69) is 15.4 Å². The predicted molar refractivity (Wildman–Crippen MR) is 76.8 cm³/mol. The lowest BCUT2D eigenvalue weighted by Gasteiger charge is -2.27. The molecule has 1 amide bonds. The van der Waals surface area contributed by atoms with E-state index in [1.165, 1.54) is 5.56 Å². The van der Waals surface area contributed by atoms with E-state index >= 15 is 0 Å². The molecule has 0 radical (unpaired) electrons. The maximum absolute atomic E-state index is 11.6. The number of carbonyl (C=O) groups excluding carboxylic acids is 1. The molecule has 1 fully saturated rings. The number of aromatic nitrogens is 1. The Kier molecular flexibility index (Phi) is 4.55. The topological polar surface area (TPSA) is 67.6 Å². The molecule has 1 aliphatic heterocycles. The highest BCUT2D eigenvalue weighted by Gasteiger charge is 2.27. The van der Waals surface area contributed by atoms with Crippen molar-refractivity contribution in [1.82, 2.24) is 15.4 Å². The zero-order valence-electron chi connectivity index (χ0n) is 12.6. The summed E-state index contributed by atoms with van der Waals surface area (Å²) in [4.78, 5) is 13.9. The monoisotopic (exact) mass is 293 g/mol. The number of aryl methyl sites for hydroxylation is 1. The standard InChI is InChI=1S/C15H23N3O3/c1-2-15(19)16-11-3-4-14-12(9-11)13(17-21-14)10-18-5-7-20-8-6-18/h11H,2-10H2,1H3,(H,16,19). The molecule has 1 atom stereocenters. The van der Waals surface area contributed by atoms with Gasteiger partial charge in [0.25, 0.3) is 0 Å². The van der Waals surface area contributed by atoms with E-state index < -0.39 is 0 Å². The fourth-order valence-electron chi connectivity index (χ4n) is 3.01. The van der Waals surface area contributed by atoms with Gasteiger partial charge in [-0.1, -0.05) is 12.1 Å². The zero-order chi connectivity index (χ0) is 14.7. The van der Waals surface area contributed by atoms with Crippen LogP contribution in [0.15, 0.2) is 4.52 Å². The summed E-state index contributed by atoms with van der Waals surface area (Å²) in [5, 5.41) is 7.34. The normalized spacial score (nSPS) is 22.8. The van der Waals surface area contributed by atoms with Gasteiger partial charge in [-0.05, 0) is 12.8 Å². The lowest BCUT2D eigenvalue weighted by Crippen LogP contribution is -2.39. The molecule has 2 aliphatic rings. The molecule has 2 heterocycles. The number of hydrogen-bond donors (Lipinski definition) is 1. The van der Waals surface area contributed by atoms with E-state index in [0.717, 1.165) is 63.6 Å². The molecule has 3 rings (SSSR count). The lowest BCUT2D eigenvalue weighted by atomic mass is 9.92. The molecule has 116 valence electrons. The number of nitrogens with one attached hydrogen (secondary N) is 1. The van der Waals surface area contributed by atoms with E-state index in [0.29, 0.717) is 6.42 Å². The van der Waals surface area contributed by atoms with Crippen molar-refractivity contribution in [2.45, 2.75) is 45.2 Å². The number of hydrogen-bond acceptors (Lipinski definition) is 5. The minimum Gasteiger partial charge on any atom is -0.379 e. The Hall–Kier alpha value is -1.40. The maximum Gasteiger partial charge on any atom is 0.219 e. The van der Waals surface area contributed by atoms with Gasteiger partial charge in [0, 0.05) is 44.1 Å². The van der Waals surface area contributed by atoms with Crippen LogP contribution in [-0.4, -0.2) is 48.3 Å². The summed E-state index contributed by atoms with van der Waals surface area (Å²) in [6.07, 6.45) is 3.17. The molecular formula is C15H23N3O3. The minimum atomic E-state index is 0.120. The van der Waals surface area contributed by atoms with Crippen LogP contribution in [0.3, 0.4) is 0 Å². The SMILES string of the molecule is CCC(=O)NC1CCc2onc(CN3CCOCC3)c2C1. The lowest BCUT2D eigenvalue weighted by molar-refractivity contribution is -0.121. The number of nitrogens with zero attached hydrogens (tertiary/aromatic N) is 2. The number of fused-ring (bicyclic) bond motifs is 1. The molecule has 0 bridgehead atoms. The van der Waals surface area contributed by atoms with Gasteiger partial charge in [-0.25, -0.2) is 0 Å². The summed E-state index contributed by atoms with van der Waals surface area (Å²) in [6.45, 7) is 6.16. The van der Waals surface area contributed by atoms with E-state index in [9.17, 15) is 4.79 Å². The van der Waals surface area contributed by atoms with Gasteiger partial charge >= 0.3 is 0 Å². The summed E-state index contributed by atoms with van der Waals surface area (Å²) >= 11 is 0. The summed E-state index contributed by atoms with van der Waals surface area (Å²) in [6, 6.07) is 0.216. The third kappa shape index (κ3) is 3.44. The van der Waals surface area contributed by atoms with E-state index in [1.54, 1.807) is 0 Å². The van der Waals surface area contributed by atoms with Crippen molar-refractivity contribution in [3.63, 3.8) is 0 Å². The second kappa shape index (κ2) is 6.58. The van der Waals surface area contributed by atoms with Gasteiger partial charge in [-0.2, -0.15) is 0 Å². The van der Waals surface area contributed by atoms with E-state index in [1.807, 2.05) is 6.92 Å². The molecule has 1 aromatic rings. The summed E-state index contributed by atoms with van der Waals surface area (Å²) in [7, 11) is 0. The van der Waals surface area contributed by atoms with Crippen LogP contribution in [-0.2, 0) is 28.9 Å². The average molecular weight is 293 g/mol. The predicted octanol–water partition coefficient (Wildman–Crippen LogP) is 0.890. The third-order valence-corrected chi connectivity index (χ3v) is 4.28. The molecule has 1 N–H and O–H groups in total. The second-order valence-corrected chi connectivity index (χ2v) is 5.78. The van der Waals surface area contributed by atoms with Crippen molar-refractivity contribution in [3.05, 3.63) is 17.0 Å². The van der Waals surface area contributed by atoms with E-state index in [-0.39, 0.29) is 11.9 Å². The fourth-order valence-corrected chi connectivity index (χ4v) is 3.01. The molecule has 6 nitrogen and oxygen atoms in total. The molecule has 0 spiro atoms. The molecule has 1 unspecified atom stereocenters. The molecule has 1 aliphatic carbocycles. The van der Waals surface area contributed by atoms with Crippen LogP contribution >= 0.6 is 0 Å². The Morgan fingerprint density at radius 3 is 3.00 bits per heavy atom. The Morgan fingerprint density at radius 1 is 1.43 bits per heavy atom. The first-order valence-electron chi connectivity index (χ1n) is 7.82. The highest BCUT2D eigenvalue weighted by molar-refractivity contribution is 5.75. The van der Waals surface area contributed by atoms with Crippen molar-refractivity contribution < 1.29 is 14.1 Å². The highest BCUT2D eigenvalue weighted by atomic mass is 16.5. The average Bonchev–Trinajstić information content (AvgIpc) is 2.91. The largest absolute Gasteiger partial charge is 0.379 e. The summed E-state index contributed by atoms with van der Waals surface area (Å²) in [5.41, 5.74) is 2.23. The Labute approximate surface area is 124 Å². The molecule has 0 saturated carbocycles. The summed E-state index contributed by atoms with van der Waals surface area (Å²) in [5.74, 6) is 1.12. The van der Waals surface area contributed by atoms with Gasteiger partial charge in [0.1, 0.15) is 11.5 Å². The van der Waals surface area contributed by atoms with Crippen molar-refractivity contribution in [2.75, 3.05) is 26.3 Å². The first kappa shape index (κ1) is 14.5. The molecule has 6 heteroatoms. The highest BCUT2D eigenvalue weighted by Crippen LogP contribution is 2.25. The van der Waals surface area contributed by atoms with Gasteiger partial charge in [0.2, 0.25) is 5.91 Å². The van der Waals surface area contributed by atoms with Gasteiger partial charge in [-0.3, -0.25) is 9.69 Å². The minimum absolute atomic E-state index is 0.120. The van der Waals surface area contributed by atoms with Crippen molar-refractivity contribution in [3.8, 4) is 0 Å². The second-order valence-electron chi connectivity index (χ2n) is 5.78. The number of carbonyl (C=O) groups is 1. The van der Waals surface area contributed by atoms with Crippen molar-refractivity contribution in [2.24, 2.45) is 0 Å². The quantitative estimate of drug-likeness (QED) is 0.893. The first-order valence-corrected chi connectivity index (χ1v) is 7.82. The number of morpholine rings is 1. The van der Waals surface area contributed by atoms with Crippen LogP contribution < -0.4 is 5.32 Å². The maximum atomic E-state index is 11.6. The van der Waals surface area contributed by atoms with Gasteiger partial charge < -0.3 is 14.6 Å². The van der Waals surface area contributed by atoms with Gasteiger partial charge in [-0.15, -0.1) is 0 Å². The Morgan fingerprint density at radius 2 is 2.24 bits per heavy atom. The van der Waals surface area contributed by atoms with Crippen LogP contribution in [0.5, 0.6) is 0 Å². The summed E-state index contributed by atoms with van der Waals surface area (Å²) < 4.78 is 10.9. The zero-order valence-corrected chi connectivity index (χ0v) is 12.6. The van der Waals surface area contributed by atoms with Crippen LogP contribution in [0.2, 0.25) is 0 Å². The Bertz CT molecular complexity index is 494. The Balaban J connectivity index is 1.65. The van der Waals surface area contributed by atoms with Crippen LogP contribution in [0.4, 0.5) is 0 Å². The number of rotatable bonds is 4. The molecular weight excluding hydrogens is 270 g/mol. The molecule has 0 aromatic carbocycles. The van der Waals surface area contributed by atoms with E-state index in [4.69, 9.17) is 9.26 Å². The number of ether oxygens (including phenoxy) is 1. The smallest absolute Gasteiger partial charge is 0.219 e. The molecule has 1 aromatic heterocycles. The fraction of sp³-hybridized carbons (Fsp3) is 0.733. The van der Waals surface area contributed by atoms with Crippen LogP contribution in [0, 0.1) is 0 Å². The number of amides is 1. The molecule has 21 heavy (non-hydrogen) atoms. The van der Waals surface area contributed by atoms with Gasteiger partial charge in [0.15, 0.2) is 0 Å². The molecule has 1 saturated heterocycles. The van der Waals surface area contributed by atoms with Crippen molar-refractivity contribution >= 4 is 5.91 Å². The van der Waals surface area contributed by atoms with Gasteiger partial charge in [0.05, 0.1) is 13.2 Å².